The molecule has 0 aromatic heterocycles. The Balaban J connectivity index is 1.84. The van der Waals surface area contributed by atoms with E-state index in [-0.39, 0.29) is 12.2 Å². The lowest BCUT2D eigenvalue weighted by atomic mass is 9.91. The van der Waals surface area contributed by atoms with Crippen molar-refractivity contribution in [2.24, 2.45) is 0 Å². The van der Waals surface area contributed by atoms with Crippen molar-refractivity contribution >= 4 is 0 Å². The molecule has 0 aliphatic heterocycles. The van der Waals surface area contributed by atoms with Gasteiger partial charge in [-0.2, -0.15) is 0 Å². The number of phenolic OH excluding ortho intramolecular Hbond substituents is 1. The van der Waals surface area contributed by atoms with Crippen LogP contribution in [0.25, 0.3) is 0 Å². The van der Waals surface area contributed by atoms with Crippen molar-refractivity contribution in [3.63, 3.8) is 0 Å². The Morgan fingerprint density at radius 1 is 0.467 bits per heavy atom. The Labute approximate surface area is 275 Å². The molecule has 0 fully saturated rings. The molecule has 0 aliphatic rings. The quantitative estimate of drug-likeness (QED) is 0.138. The van der Waals surface area contributed by atoms with Gasteiger partial charge in [-0.25, -0.2) is 0 Å². The van der Waals surface area contributed by atoms with E-state index >= 15 is 0 Å². The lowest BCUT2D eigenvalue weighted by molar-refractivity contribution is 0.212. The van der Waals surface area contributed by atoms with Gasteiger partial charge in [0.2, 0.25) is 0 Å². The second-order valence-corrected chi connectivity index (χ2v) is 13.0. The molecule has 0 spiro atoms. The van der Waals surface area contributed by atoms with Gasteiger partial charge in [-0.1, -0.05) is 104 Å². The van der Waals surface area contributed by atoms with Crippen molar-refractivity contribution in [1.29, 1.82) is 0 Å². The third-order valence-corrected chi connectivity index (χ3v) is 8.91. The van der Waals surface area contributed by atoms with Crippen molar-refractivity contribution < 1.29 is 14.6 Å². The van der Waals surface area contributed by atoms with Crippen molar-refractivity contribution in [1.82, 2.24) is 0 Å². The maximum absolute atomic E-state index is 11.1. The molecule has 0 bridgehead atoms. The molecule has 3 nitrogen and oxygen atoms in total. The molecule has 0 saturated heterocycles. The predicted molar refractivity (Wildman–Crippen MR) is 193 cm³/mol. The molecule has 45 heavy (non-hydrogen) atoms. The first kappa shape index (κ1) is 36.5. The van der Waals surface area contributed by atoms with Gasteiger partial charge in [0.25, 0.3) is 0 Å². The molecular formula is C42H62O3. The van der Waals surface area contributed by atoms with Gasteiger partial charge in [-0.15, -0.1) is 0 Å². The Morgan fingerprint density at radius 2 is 0.889 bits per heavy atom. The molecule has 3 rings (SSSR count). The van der Waals surface area contributed by atoms with Crippen LogP contribution in [0.5, 0.6) is 17.2 Å². The average molecular weight is 615 g/mol. The lowest BCUT2D eigenvalue weighted by Gasteiger charge is -2.24. The maximum Gasteiger partial charge on any atom is 0.123 e. The standard InChI is InChI=1S/C42H62O3/c1-9-16-32-24-26-41(37(20-13-5)35(32)18-11-3)44-30(7)28-34-22-15-23-40(43)39(34)29-31(8)45-42-27-25-33(17-10-2)36(19-12-4)38(42)21-14-6/h15,22-27,30-31,43H,9-14,16-21,28-29H2,1-8H3. The Morgan fingerprint density at radius 3 is 1.33 bits per heavy atom. The van der Waals surface area contributed by atoms with Gasteiger partial charge in [-0.05, 0) is 110 Å². The fourth-order valence-electron chi connectivity index (χ4n) is 7.00. The highest BCUT2D eigenvalue weighted by Gasteiger charge is 2.20. The number of aromatic hydroxyl groups is 1. The summed E-state index contributed by atoms with van der Waals surface area (Å²) in [6.07, 6.45) is 14.6. The summed E-state index contributed by atoms with van der Waals surface area (Å²) < 4.78 is 13.4. The largest absolute Gasteiger partial charge is 0.508 e. The fourth-order valence-corrected chi connectivity index (χ4v) is 7.00. The van der Waals surface area contributed by atoms with Crippen LogP contribution in [-0.2, 0) is 51.4 Å². The number of hydrogen-bond donors (Lipinski definition) is 1. The van der Waals surface area contributed by atoms with Gasteiger partial charge in [-0.3, -0.25) is 0 Å². The zero-order valence-electron chi connectivity index (χ0n) is 29.9. The zero-order valence-corrected chi connectivity index (χ0v) is 29.9. The van der Waals surface area contributed by atoms with E-state index < -0.39 is 0 Å². The van der Waals surface area contributed by atoms with E-state index in [0.29, 0.717) is 12.2 Å². The average Bonchev–Trinajstić information content (AvgIpc) is 3.01. The highest BCUT2D eigenvalue weighted by atomic mass is 16.5. The molecule has 0 radical (unpaired) electrons. The van der Waals surface area contributed by atoms with Crippen LogP contribution in [0.3, 0.4) is 0 Å². The molecule has 0 heterocycles. The van der Waals surface area contributed by atoms with Crippen LogP contribution < -0.4 is 9.47 Å². The Kier molecular flexibility index (Phi) is 15.3. The van der Waals surface area contributed by atoms with E-state index in [4.69, 9.17) is 9.47 Å². The molecule has 3 heteroatoms. The number of rotatable bonds is 20. The van der Waals surface area contributed by atoms with E-state index in [1.165, 1.54) is 33.4 Å². The number of ether oxygens (including phenoxy) is 2. The molecule has 0 aliphatic carbocycles. The van der Waals surface area contributed by atoms with Crippen molar-refractivity contribution in [3.8, 4) is 17.2 Å². The minimum Gasteiger partial charge on any atom is -0.508 e. The molecule has 1 N–H and O–H groups in total. The van der Waals surface area contributed by atoms with E-state index in [1.54, 1.807) is 6.07 Å². The Hall–Kier alpha value is -2.94. The summed E-state index contributed by atoms with van der Waals surface area (Å²) in [4.78, 5) is 0. The van der Waals surface area contributed by atoms with E-state index in [1.807, 2.05) is 6.07 Å². The fraction of sp³-hybridized carbons (Fsp3) is 0.571. The minimum absolute atomic E-state index is 0.0252. The van der Waals surface area contributed by atoms with Crippen LogP contribution in [0.1, 0.15) is 138 Å². The van der Waals surface area contributed by atoms with Crippen LogP contribution >= 0.6 is 0 Å². The summed E-state index contributed by atoms with van der Waals surface area (Å²) in [5.41, 5.74) is 10.8. The van der Waals surface area contributed by atoms with Gasteiger partial charge in [0.05, 0.1) is 6.10 Å². The maximum atomic E-state index is 11.1. The van der Waals surface area contributed by atoms with Crippen molar-refractivity contribution in [2.75, 3.05) is 0 Å². The topological polar surface area (TPSA) is 38.7 Å². The highest BCUT2D eigenvalue weighted by molar-refractivity contribution is 5.47. The zero-order chi connectivity index (χ0) is 32.8. The molecule has 3 aromatic carbocycles. The predicted octanol–water partition coefficient (Wildman–Crippen LogP) is 11.1. The number of aryl methyl sites for hydroxylation is 2. The van der Waals surface area contributed by atoms with Gasteiger partial charge in [0, 0.05) is 18.4 Å². The third-order valence-electron chi connectivity index (χ3n) is 8.91. The van der Waals surface area contributed by atoms with Crippen LogP contribution in [0.2, 0.25) is 0 Å². The van der Waals surface area contributed by atoms with E-state index in [2.05, 4.69) is 85.7 Å². The van der Waals surface area contributed by atoms with E-state index in [9.17, 15) is 5.11 Å². The molecule has 2 atom stereocenters. The second-order valence-electron chi connectivity index (χ2n) is 13.0. The third kappa shape index (κ3) is 10.0. The summed E-state index contributed by atoms with van der Waals surface area (Å²) >= 11 is 0. The lowest BCUT2D eigenvalue weighted by Crippen LogP contribution is -2.21. The molecule has 2 unspecified atom stereocenters. The van der Waals surface area contributed by atoms with Gasteiger partial charge < -0.3 is 14.6 Å². The van der Waals surface area contributed by atoms with Crippen molar-refractivity contribution in [3.05, 3.63) is 87.0 Å². The molecule has 3 aromatic rings. The van der Waals surface area contributed by atoms with Gasteiger partial charge >= 0.3 is 0 Å². The Bertz CT molecular complexity index is 1320. The highest BCUT2D eigenvalue weighted by Crippen LogP contribution is 2.33. The second kappa shape index (κ2) is 18.9. The molecular weight excluding hydrogens is 552 g/mol. The van der Waals surface area contributed by atoms with E-state index in [0.717, 1.165) is 106 Å². The molecule has 0 amide bonds. The van der Waals surface area contributed by atoms with Crippen LogP contribution in [0, 0.1) is 0 Å². The normalized spacial score (nSPS) is 12.7. The summed E-state index contributed by atoms with van der Waals surface area (Å²) in [7, 11) is 0. The summed E-state index contributed by atoms with van der Waals surface area (Å²) in [6, 6.07) is 14.9. The first-order valence-electron chi connectivity index (χ1n) is 18.2. The van der Waals surface area contributed by atoms with Gasteiger partial charge in [0.1, 0.15) is 23.4 Å². The van der Waals surface area contributed by atoms with Crippen LogP contribution in [-0.4, -0.2) is 17.3 Å². The summed E-state index contributed by atoms with van der Waals surface area (Å²) in [5.74, 6) is 2.39. The first-order chi connectivity index (χ1) is 21.8. The van der Waals surface area contributed by atoms with Crippen molar-refractivity contribution in [2.45, 2.75) is 157 Å². The smallest absolute Gasteiger partial charge is 0.123 e. The monoisotopic (exact) mass is 614 g/mol. The summed E-state index contributed by atoms with van der Waals surface area (Å²) in [5, 5.41) is 11.1. The van der Waals surface area contributed by atoms with Crippen LogP contribution in [0.4, 0.5) is 0 Å². The van der Waals surface area contributed by atoms with Crippen LogP contribution in [0.15, 0.2) is 42.5 Å². The first-order valence-corrected chi connectivity index (χ1v) is 18.2. The summed E-state index contributed by atoms with van der Waals surface area (Å²) in [6.45, 7) is 17.9. The van der Waals surface area contributed by atoms with Gasteiger partial charge in [0.15, 0.2) is 0 Å². The SMILES string of the molecule is CCCc1ccc(OC(C)Cc2cccc(O)c2CC(C)Oc2ccc(CCC)c(CCC)c2CCC)c(CCC)c1CCC. The number of hydrogen-bond acceptors (Lipinski definition) is 3. The number of phenols is 1. The number of benzene rings is 3. The minimum atomic E-state index is -0.0748. The molecule has 0 saturated carbocycles. The molecule has 248 valence electrons.